The van der Waals surface area contributed by atoms with Gasteiger partial charge in [-0.15, -0.1) is 0 Å². The topological polar surface area (TPSA) is 75.2 Å². The van der Waals surface area contributed by atoms with Crippen molar-refractivity contribution in [3.8, 4) is 0 Å². The van der Waals surface area contributed by atoms with Gasteiger partial charge >= 0.3 is 6.09 Å². The van der Waals surface area contributed by atoms with Gasteiger partial charge in [0.2, 0.25) is 0 Å². The molecule has 7 heteroatoms. The second-order valence-electron chi connectivity index (χ2n) is 6.85. The minimum Gasteiger partial charge on any atom is -0.450 e. The number of benzene rings is 1. The first-order chi connectivity index (χ1) is 13.7. The first-order valence-corrected chi connectivity index (χ1v) is 10.2. The van der Waals surface area contributed by atoms with Crippen LogP contribution in [-0.4, -0.2) is 56.3 Å². The zero-order chi connectivity index (χ0) is 20.2. The van der Waals surface area contributed by atoms with E-state index in [-0.39, 0.29) is 6.09 Å². The number of amides is 1. The van der Waals surface area contributed by atoms with Crippen LogP contribution in [0.2, 0.25) is 0 Å². The van der Waals surface area contributed by atoms with Crippen LogP contribution in [0.1, 0.15) is 44.2 Å². The first-order valence-electron chi connectivity index (χ1n) is 10.2. The molecule has 1 amide bonds. The van der Waals surface area contributed by atoms with E-state index in [1.165, 1.54) is 11.1 Å². The van der Waals surface area contributed by atoms with Gasteiger partial charge in [-0.25, -0.2) is 4.79 Å². The third-order valence-electron chi connectivity index (χ3n) is 4.76. The van der Waals surface area contributed by atoms with Gasteiger partial charge in [0, 0.05) is 39.3 Å². The van der Waals surface area contributed by atoms with Crippen LogP contribution in [0.5, 0.6) is 0 Å². The smallest absolute Gasteiger partial charge is 0.409 e. The number of rotatable bonds is 8. The second-order valence-corrected chi connectivity index (χ2v) is 6.85. The molecular formula is C21H34N4O3. The van der Waals surface area contributed by atoms with Gasteiger partial charge in [0.1, 0.15) is 0 Å². The third kappa shape index (κ3) is 7.03. The average Bonchev–Trinajstić information content (AvgIpc) is 2.72. The molecule has 0 aliphatic carbocycles. The van der Waals surface area contributed by atoms with Gasteiger partial charge in [-0.1, -0.05) is 31.2 Å². The molecule has 2 N–H and O–H groups in total. The van der Waals surface area contributed by atoms with E-state index in [0.29, 0.717) is 38.9 Å². The Hall–Kier alpha value is -2.28. The molecule has 1 heterocycles. The number of aliphatic imine (C=N–C) groups is 1. The SMILES string of the molecule is CCCOCc1ccccc1CNC(=NC)NC1CCN(C(=O)OCC)CC1. The van der Waals surface area contributed by atoms with Gasteiger partial charge < -0.3 is 25.0 Å². The quantitative estimate of drug-likeness (QED) is 0.406. The third-order valence-corrected chi connectivity index (χ3v) is 4.76. The van der Waals surface area contributed by atoms with Crippen LogP contribution >= 0.6 is 0 Å². The van der Waals surface area contributed by atoms with Crippen LogP contribution in [0, 0.1) is 0 Å². The fourth-order valence-corrected chi connectivity index (χ4v) is 3.19. The largest absolute Gasteiger partial charge is 0.450 e. The monoisotopic (exact) mass is 390 g/mol. The van der Waals surface area contributed by atoms with Gasteiger partial charge in [0.25, 0.3) is 0 Å². The summed E-state index contributed by atoms with van der Waals surface area (Å²) in [6.45, 7) is 7.84. The van der Waals surface area contributed by atoms with E-state index in [2.05, 4.69) is 34.7 Å². The molecule has 7 nitrogen and oxygen atoms in total. The Morgan fingerprint density at radius 1 is 1.21 bits per heavy atom. The fourth-order valence-electron chi connectivity index (χ4n) is 3.19. The molecule has 1 fully saturated rings. The van der Waals surface area contributed by atoms with Crippen molar-refractivity contribution in [2.24, 2.45) is 4.99 Å². The first kappa shape index (κ1) is 22.0. The van der Waals surface area contributed by atoms with Crippen molar-refractivity contribution in [2.45, 2.75) is 52.3 Å². The van der Waals surface area contributed by atoms with Crippen molar-refractivity contribution in [1.29, 1.82) is 0 Å². The maximum atomic E-state index is 11.8. The van der Waals surface area contributed by atoms with Crippen LogP contribution in [0.15, 0.2) is 29.3 Å². The number of hydrogen-bond acceptors (Lipinski definition) is 4. The Kier molecular flexibility index (Phi) is 9.62. The van der Waals surface area contributed by atoms with Crippen LogP contribution in [0.4, 0.5) is 4.79 Å². The molecule has 156 valence electrons. The minimum absolute atomic E-state index is 0.217. The molecular weight excluding hydrogens is 356 g/mol. The van der Waals surface area contributed by atoms with E-state index in [1.807, 2.05) is 19.1 Å². The molecule has 1 aromatic carbocycles. The molecule has 1 saturated heterocycles. The summed E-state index contributed by atoms with van der Waals surface area (Å²) < 4.78 is 10.8. The molecule has 1 aliphatic rings. The van der Waals surface area contributed by atoms with Crippen molar-refractivity contribution in [2.75, 3.05) is 33.4 Å². The summed E-state index contributed by atoms with van der Waals surface area (Å²) >= 11 is 0. The lowest BCUT2D eigenvalue weighted by atomic mass is 10.1. The molecule has 1 aromatic rings. The fraction of sp³-hybridized carbons (Fsp3) is 0.619. The summed E-state index contributed by atoms with van der Waals surface area (Å²) in [5.74, 6) is 0.777. The van der Waals surface area contributed by atoms with E-state index in [0.717, 1.165) is 31.8 Å². The normalized spacial score (nSPS) is 15.4. The highest BCUT2D eigenvalue weighted by Gasteiger charge is 2.24. The Morgan fingerprint density at radius 3 is 2.57 bits per heavy atom. The highest BCUT2D eigenvalue weighted by atomic mass is 16.6. The number of likely N-dealkylation sites (tertiary alicyclic amines) is 1. The van der Waals surface area contributed by atoms with Crippen molar-refractivity contribution >= 4 is 12.1 Å². The van der Waals surface area contributed by atoms with Crippen LogP contribution in [0.25, 0.3) is 0 Å². The van der Waals surface area contributed by atoms with Gasteiger partial charge in [-0.2, -0.15) is 0 Å². The Morgan fingerprint density at radius 2 is 1.93 bits per heavy atom. The number of piperidine rings is 1. The predicted molar refractivity (Wildman–Crippen MR) is 111 cm³/mol. The Balaban J connectivity index is 1.80. The summed E-state index contributed by atoms with van der Waals surface area (Å²) in [5, 5.41) is 6.86. The summed E-state index contributed by atoms with van der Waals surface area (Å²) in [4.78, 5) is 17.9. The summed E-state index contributed by atoms with van der Waals surface area (Å²) in [6.07, 6.45) is 2.55. The maximum Gasteiger partial charge on any atom is 0.409 e. The number of nitrogens with one attached hydrogen (secondary N) is 2. The number of nitrogens with zero attached hydrogens (tertiary/aromatic N) is 2. The maximum absolute atomic E-state index is 11.8. The number of carbonyl (C=O) groups excluding carboxylic acids is 1. The Bertz CT molecular complexity index is 628. The van der Waals surface area contributed by atoms with E-state index in [4.69, 9.17) is 9.47 Å². The molecule has 0 atom stereocenters. The predicted octanol–water partition coefficient (Wildman–Crippen LogP) is 2.90. The summed E-state index contributed by atoms with van der Waals surface area (Å²) in [5.41, 5.74) is 2.40. The highest BCUT2D eigenvalue weighted by molar-refractivity contribution is 5.80. The van der Waals surface area contributed by atoms with Gasteiger partial charge in [-0.3, -0.25) is 4.99 Å². The van der Waals surface area contributed by atoms with E-state index in [9.17, 15) is 4.79 Å². The van der Waals surface area contributed by atoms with Crippen molar-refractivity contribution in [3.05, 3.63) is 35.4 Å². The van der Waals surface area contributed by atoms with Crippen LogP contribution in [-0.2, 0) is 22.6 Å². The number of ether oxygens (including phenoxy) is 2. The van der Waals surface area contributed by atoms with Crippen molar-refractivity contribution < 1.29 is 14.3 Å². The van der Waals surface area contributed by atoms with E-state index < -0.39 is 0 Å². The van der Waals surface area contributed by atoms with Crippen LogP contribution in [0.3, 0.4) is 0 Å². The summed E-state index contributed by atoms with van der Waals surface area (Å²) in [6, 6.07) is 8.59. The second kappa shape index (κ2) is 12.2. The van der Waals surface area contributed by atoms with Crippen molar-refractivity contribution in [1.82, 2.24) is 15.5 Å². The van der Waals surface area contributed by atoms with E-state index >= 15 is 0 Å². The molecule has 0 spiro atoms. The molecule has 2 rings (SSSR count). The number of guanidine groups is 1. The minimum atomic E-state index is -0.217. The zero-order valence-corrected chi connectivity index (χ0v) is 17.4. The average molecular weight is 391 g/mol. The van der Waals surface area contributed by atoms with Gasteiger partial charge in [-0.05, 0) is 37.3 Å². The highest BCUT2D eigenvalue weighted by Crippen LogP contribution is 2.12. The molecule has 0 unspecified atom stereocenters. The lowest BCUT2D eigenvalue weighted by Crippen LogP contribution is -2.49. The summed E-state index contributed by atoms with van der Waals surface area (Å²) in [7, 11) is 1.78. The number of hydrogen-bond donors (Lipinski definition) is 2. The molecule has 0 bridgehead atoms. The zero-order valence-electron chi connectivity index (χ0n) is 17.4. The van der Waals surface area contributed by atoms with E-state index in [1.54, 1.807) is 11.9 Å². The molecule has 0 saturated carbocycles. The lowest BCUT2D eigenvalue weighted by Gasteiger charge is -2.32. The number of carbonyl (C=O) groups is 1. The lowest BCUT2D eigenvalue weighted by molar-refractivity contribution is 0.0963. The van der Waals surface area contributed by atoms with Crippen molar-refractivity contribution in [3.63, 3.8) is 0 Å². The molecule has 1 aliphatic heterocycles. The Labute approximate surface area is 168 Å². The molecule has 0 radical (unpaired) electrons. The van der Waals surface area contributed by atoms with Crippen LogP contribution < -0.4 is 10.6 Å². The van der Waals surface area contributed by atoms with Gasteiger partial charge in [0.05, 0.1) is 13.2 Å². The standard InChI is InChI=1S/C21H34N4O3/c1-4-14-27-16-18-9-7-6-8-17(18)15-23-20(22-3)24-19-10-12-25(13-11-19)21(26)28-5-2/h6-9,19H,4-5,10-16H2,1-3H3,(H2,22,23,24). The molecule has 0 aromatic heterocycles. The van der Waals surface area contributed by atoms with Gasteiger partial charge in [0.15, 0.2) is 5.96 Å². The molecule has 28 heavy (non-hydrogen) atoms.